The van der Waals surface area contributed by atoms with Gasteiger partial charge in [-0.3, -0.25) is 4.90 Å². The van der Waals surface area contributed by atoms with Crippen molar-refractivity contribution in [2.24, 2.45) is 0 Å². The third kappa shape index (κ3) is 4.03. The molecule has 7 nitrogen and oxygen atoms in total. The standard InChI is InChI=1S/C20H19F4N7/c1-12-10-30(18-6-5-17-26-27-19(20(22,23)24)31(17)28-18)13(2)9-29(12)11-14-3-4-16(21)15(7-14)8-25/h3-7,12-13H,9-11H2,1-2H3/t12-,13+/m1/s1. The molecule has 0 N–H and O–H groups in total. The van der Waals surface area contributed by atoms with Gasteiger partial charge in [-0.1, -0.05) is 6.07 Å². The molecule has 31 heavy (non-hydrogen) atoms. The van der Waals surface area contributed by atoms with E-state index in [1.165, 1.54) is 12.1 Å². The Kier molecular flexibility index (Phi) is 5.26. The average Bonchev–Trinajstić information content (AvgIpc) is 3.15. The highest BCUT2D eigenvalue weighted by molar-refractivity contribution is 5.47. The Labute approximate surface area is 175 Å². The normalized spacial score (nSPS) is 20.2. The molecule has 3 aromatic rings. The third-order valence-electron chi connectivity index (χ3n) is 5.45. The molecule has 0 aliphatic carbocycles. The number of nitriles is 1. The first-order valence-electron chi connectivity index (χ1n) is 9.66. The molecule has 0 saturated carbocycles. The first-order valence-corrected chi connectivity index (χ1v) is 9.66. The Balaban J connectivity index is 1.55. The number of hydrogen-bond donors (Lipinski definition) is 0. The number of rotatable bonds is 3. The zero-order chi connectivity index (χ0) is 22.3. The summed E-state index contributed by atoms with van der Waals surface area (Å²) in [6.45, 7) is 5.66. The molecule has 1 saturated heterocycles. The molecule has 0 bridgehead atoms. The van der Waals surface area contributed by atoms with E-state index in [0.29, 0.717) is 25.5 Å². The van der Waals surface area contributed by atoms with Crippen LogP contribution in [0.25, 0.3) is 5.65 Å². The highest BCUT2D eigenvalue weighted by Gasteiger charge is 2.38. The molecule has 0 spiro atoms. The molecule has 2 aromatic heterocycles. The lowest BCUT2D eigenvalue weighted by Gasteiger charge is -2.44. The molecule has 11 heteroatoms. The Morgan fingerprint density at radius 2 is 1.87 bits per heavy atom. The zero-order valence-corrected chi connectivity index (χ0v) is 16.8. The van der Waals surface area contributed by atoms with Crippen LogP contribution in [0.4, 0.5) is 23.4 Å². The van der Waals surface area contributed by atoms with Crippen molar-refractivity contribution in [3.63, 3.8) is 0 Å². The van der Waals surface area contributed by atoms with Crippen LogP contribution in [0.3, 0.4) is 0 Å². The van der Waals surface area contributed by atoms with Gasteiger partial charge in [0.25, 0.3) is 5.82 Å². The van der Waals surface area contributed by atoms with Crippen molar-refractivity contribution in [2.45, 2.75) is 38.7 Å². The van der Waals surface area contributed by atoms with Gasteiger partial charge in [-0.15, -0.1) is 15.3 Å². The van der Waals surface area contributed by atoms with Crippen LogP contribution in [0, 0.1) is 17.1 Å². The van der Waals surface area contributed by atoms with Crippen molar-refractivity contribution in [1.82, 2.24) is 24.7 Å². The molecule has 1 fully saturated rings. The second-order valence-corrected chi connectivity index (χ2v) is 7.69. The molecule has 0 radical (unpaired) electrons. The van der Waals surface area contributed by atoms with Crippen molar-refractivity contribution in [3.8, 4) is 6.07 Å². The largest absolute Gasteiger partial charge is 0.453 e. The number of fused-ring (bicyclic) bond motifs is 1. The fourth-order valence-corrected chi connectivity index (χ4v) is 3.84. The first-order chi connectivity index (χ1) is 14.7. The SMILES string of the molecule is C[C@@H]1CN(c2ccc3nnc(C(F)(F)F)n3n2)[C@@H](C)CN1Cc1ccc(F)c(C#N)c1. The smallest absolute Gasteiger partial charge is 0.350 e. The zero-order valence-electron chi connectivity index (χ0n) is 16.8. The Morgan fingerprint density at radius 1 is 1.10 bits per heavy atom. The summed E-state index contributed by atoms with van der Waals surface area (Å²) in [7, 11) is 0. The number of benzene rings is 1. The van der Waals surface area contributed by atoms with Crippen molar-refractivity contribution < 1.29 is 17.6 Å². The quantitative estimate of drug-likeness (QED) is 0.591. The van der Waals surface area contributed by atoms with Crippen LogP contribution < -0.4 is 4.90 Å². The van der Waals surface area contributed by atoms with Gasteiger partial charge < -0.3 is 4.90 Å². The minimum absolute atomic E-state index is 0.00347. The van der Waals surface area contributed by atoms with Gasteiger partial charge >= 0.3 is 6.18 Å². The van der Waals surface area contributed by atoms with Gasteiger partial charge in [-0.2, -0.15) is 22.9 Å². The molecule has 1 aromatic carbocycles. The van der Waals surface area contributed by atoms with E-state index in [4.69, 9.17) is 5.26 Å². The van der Waals surface area contributed by atoms with Crippen molar-refractivity contribution in [2.75, 3.05) is 18.0 Å². The summed E-state index contributed by atoms with van der Waals surface area (Å²) in [6.07, 6.45) is -4.65. The Morgan fingerprint density at radius 3 is 2.58 bits per heavy atom. The van der Waals surface area contributed by atoms with E-state index in [-0.39, 0.29) is 23.3 Å². The number of alkyl halides is 3. The van der Waals surface area contributed by atoms with Gasteiger partial charge in [0.1, 0.15) is 17.7 Å². The molecule has 1 aliphatic heterocycles. The van der Waals surface area contributed by atoms with Crippen LogP contribution in [-0.4, -0.2) is 49.9 Å². The number of hydrogen-bond acceptors (Lipinski definition) is 6. The maximum Gasteiger partial charge on any atom is 0.453 e. The van der Waals surface area contributed by atoms with Gasteiger partial charge in [0.15, 0.2) is 5.65 Å². The van der Waals surface area contributed by atoms with E-state index in [1.54, 1.807) is 18.2 Å². The molecular weight excluding hydrogens is 414 g/mol. The van der Waals surface area contributed by atoms with Crippen LogP contribution >= 0.6 is 0 Å². The van der Waals surface area contributed by atoms with Crippen molar-refractivity contribution >= 4 is 11.5 Å². The number of nitrogens with zero attached hydrogens (tertiary/aromatic N) is 7. The van der Waals surface area contributed by atoms with E-state index in [0.717, 1.165) is 10.1 Å². The molecule has 4 rings (SSSR count). The molecule has 3 heterocycles. The Bertz CT molecular complexity index is 1150. The first kappa shape index (κ1) is 21.0. The second-order valence-electron chi connectivity index (χ2n) is 7.69. The van der Waals surface area contributed by atoms with Crippen LogP contribution in [0.2, 0.25) is 0 Å². The topological polar surface area (TPSA) is 73.4 Å². The lowest BCUT2D eigenvalue weighted by Crippen LogP contribution is -2.56. The van der Waals surface area contributed by atoms with Crippen LogP contribution in [0.15, 0.2) is 30.3 Å². The lowest BCUT2D eigenvalue weighted by atomic mass is 10.1. The van der Waals surface area contributed by atoms with Gasteiger partial charge in [0.2, 0.25) is 0 Å². The van der Waals surface area contributed by atoms with E-state index < -0.39 is 17.8 Å². The lowest BCUT2D eigenvalue weighted by molar-refractivity contribution is -0.146. The van der Waals surface area contributed by atoms with Crippen molar-refractivity contribution in [3.05, 3.63) is 53.1 Å². The minimum atomic E-state index is -4.65. The maximum atomic E-state index is 13.6. The molecular formula is C20H19F4N7. The summed E-state index contributed by atoms with van der Waals surface area (Å²) >= 11 is 0. The predicted octanol–water partition coefficient (Wildman–Crippen LogP) is 3.25. The van der Waals surface area contributed by atoms with E-state index in [2.05, 4.69) is 20.2 Å². The number of piperazine rings is 1. The summed E-state index contributed by atoms with van der Waals surface area (Å²) in [5, 5.41) is 19.9. The molecule has 0 unspecified atom stereocenters. The fourth-order valence-electron chi connectivity index (χ4n) is 3.84. The third-order valence-corrected chi connectivity index (χ3v) is 5.45. The molecule has 0 amide bonds. The van der Waals surface area contributed by atoms with E-state index >= 15 is 0 Å². The van der Waals surface area contributed by atoms with Crippen molar-refractivity contribution in [1.29, 1.82) is 5.26 Å². The van der Waals surface area contributed by atoms with Gasteiger partial charge in [0, 0.05) is 31.7 Å². The van der Waals surface area contributed by atoms with E-state index in [9.17, 15) is 17.6 Å². The number of halogens is 4. The monoisotopic (exact) mass is 433 g/mol. The fraction of sp³-hybridized carbons (Fsp3) is 0.400. The summed E-state index contributed by atoms with van der Waals surface area (Å²) in [5.41, 5.74) is 0.855. The second kappa shape index (κ2) is 7.77. The highest BCUT2D eigenvalue weighted by atomic mass is 19.4. The van der Waals surface area contributed by atoms with Crippen LogP contribution in [0.1, 0.15) is 30.8 Å². The molecule has 2 atom stereocenters. The summed E-state index contributed by atoms with van der Waals surface area (Å²) in [5.74, 6) is -1.30. The Hall–Kier alpha value is -3.26. The van der Waals surface area contributed by atoms with Gasteiger partial charge in [0.05, 0.1) is 5.56 Å². The summed E-state index contributed by atoms with van der Waals surface area (Å²) < 4.78 is 53.8. The van der Waals surface area contributed by atoms with Crippen LogP contribution in [0.5, 0.6) is 0 Å². The van der Waals surface area contributed by atoms with Crippen LogP contribution in [-0.2, 0) is 12.7 Å². The predicted molar refractivity (Wildman–Crippen MR) is 104 cm³/mol. The average molecular weight is 433 g/mol. The van der Waals surface area contributed by atoms with E-state index in [1.807, 2.05) is 24.8 Å². The molecule has 1 aliphatic rings. The number of aromatic nitrogens is 4. The summed E-state index contributed by atoms with van der Waals surface area (Å²) in [6, 6.07) is 9.45. The van der Waals surface area contributed by atoms with Gasteiger partial charge in [-0.05, 0) is 43.7 Å². The number of anilines is 1. The van der Waals surface area contributed by atoms with Gasteiger partial charge in [-0.25, -0.2) is 4.39 Å². The highest BCUT2D eigenvalue weighted by Crippen LogP contribution is 2.29. The maximum absolute atomic E-state index is 13.6. The molecule has 162 valence electrons. The summed E-state index contributed by atoms with van der Waals surface area (Å²) in [4.78, 5) is 4.14. The minimum Gasteiger partial charge on any atom is -0.350 e.